The molecule has 3 atom stereocenters. The largest absolute Gasteiger partial charge is 0.374 e. The molecule has 2 heterocycles. The molecule has 0 aromatic carbocycles. The number of nitrogens with two attached hydrogens (primary N) is 1. The smallest absolute Gasteiger partial charge is 0.0856 e. The predicted octanol–water partition coefficient (Wildman–Crippen LogP) is 1.24. The Morgan fingerprint density at radius 1 is 1.28 bits per heavy atom. The fourth-order valence-electron chi connectivity index (χ4n) is 3.51. The van der Waals surface area contributed by atoms with E-state index in [0.717, 1.165) is 26.1 Å². The highest BCUT2D eigenvalue weighted by Crippen LogP contribution is 2.44. The zero-order valence-electron chi connectivity index (χ0n) is 12.4. The molecule has 2 rings (SSSR count). The molecule has 0 spiro atoms. The van der Waals surface area contributed by atoms with Gasteiger partial charge in [0.1, 0.15) is 0 Å². The van der Waals surface area contributed by atoms with Crippen molar-refractivity contribution >= 4 is 0 Å². The van der Waals surface area contributed by atoms with E-state index in [2.05, 4.69) is 39.6 Å². The molecule has 2 N–H and O–H groups in total. The molecule has 4 heteroatoms. The Morgan fingerprint density at radius 2 is 1.94 bits per heavy atom. The molecule has 0 bridgehead atoms. The zero-order valence-corrected chi connectivity index (χ0v) is 12.4. The minimum atomic E-state index is -0.164. The third-order valence-corrected chi connectivity index (χ3v) is 4.33. The number of rotatable bonds is 2. The quantitative estimate of drug-likeness (QED) is 0.807. The van der Waals surface area contributed by atoms with Crippen LogP contribution in [-0.2, 0) is 9.47 Å². The summed E-state index contributed by atoms with van der Waals surface area (Å²) < 4.78 is 12.0. The zero-order chi connectivity index (χ0) is 13.6. The summed E-state index contributed by atoms with van der Waals surface area (Å²) in [6.45, 7) is 11.3. The summed E-state index contributed by atoms with van der Waals surface area (Å²) in [6, 6.07) is 0.0459. The van der Waals surface area contributed by atoms with Crippen LogP contribution in [0.4, 0.5) is 0 Å². The van der Waals surface area contributed by atoms with E-state index in [1.807, 2.05) is 0 Å². The molecule has 0 aromatic heterocycles. The molecule has 0 radical (unpaired) electrons. The summed E-state index contributed by atoms with van der Waals surface area (Å²) in [7, 11) is 2.13. The van der Waals surface area contributed by atoms with Gasteiger partial charge in [0, 0.05) is 25.0 Å². The lowest BCUT2D eigenvalue weighted by Gasteiger charge is -2.39. The third-order valence-electron chi connectivity index (χ3n) is 4.33. The molecule has 0 saturated carbocycles. The second kappa shape index (κ2) is 4.75. The van der Waals surface area contributed by atoms with Crippen molar-refractivity contribution in [2.75, 3.05) is 26.7 Å². The number of hydrogen-bond acceptors (Lipinski definition) is 4. The highest BCUT2D eigenvalue weighted by Gasteiger charge is 2.50. The highest BCUT2D eigenvalue weighted by molar-refractivity contribution is 5.01. The molecular weight excluding hydrogens is 228 g/mol. The van der Waals surface area contributed by atoms with Crippen LogP contribution >= 0.6 is 0 Å². The summed E-state index contributed by atoms with van der Waals surface area (Å²) in [6.07, 6.45) is 1.13. The van der Waals surface area contributed by atoms with Crippen molar-refractivity contribution in [2.24, 2.45) is 11.7 Å². The van der Waals surface area contributed by atoms with E-state index < -0.39 is 0 Å². The van der Waals surface area contributed by atoms with Gasteiger partial charge in [-0.3, -0.25) is 0 Å². The maximum Gasteiger partial charge on any atom is 0.0856 e. The summed E-state index contributed by atoms with van der Waals surface area (Å²) >= 11 is 0. The fraction of sp³-hybridized carbons (Fsp3) is 1.00. The van der Waals surface area contributed by atoms with Gasteiger partial charge in [0.25, 0.3) is 0 Å². The van der Waals surface area contributed by atoms with E-state index in [9.17, 15) is 0 Å². The van der Waals surface area contributed by atoms with Crippen molar-refractivity contribution in [3.8, 4) is 0 Å². The number of morpholine rings is 1. The Kier molecular flexibility index (Phi) is 3.76. The van der Waals surface area contributed by atoms with Gasteiger partial charge in [-0.2, -0.15) is 0 Å². The summed E-state index contributed by atoms with van der Waals surface area (Å²) in [5.74, 6) is 0.351. The monoisotopic (exact) mass is 256 g/mol. The minimum Gasteiger partial charge on any atom is -0.374 e. The summed E-state index contributed by atoms with van der Waals surface area (Å²) in [4.78, 5) is 2.29. The SMILES string of the molecule is CN1CCOC(C(N)C2CC(C)(C)OC2(C)C)C1. The second-order valence-electron chi connectivity index (χ2n) is 7.02. The molecule has 106 valence electrons. The van der Waals surface area contributed by atoms with E-state index in [-0.39, 0.29) is 23.3 Å². The van der Waals surface area contributed by atoms with Crippen LogP contribution in [-0.4, -0.2) is 55.0 Å². The van der Waals surface area contributed by atoms with Gasteiger partial charge in [-0.15, -0.1) is 0 Å². The maximum absolute atomic E-state index is 6.48. The number of likely N-dealkylation sites (N-methyl/N-ethyl adjacent to an activating group) is 1. The average Bonchev–Trinajstić information content (AvgIpc) is 2.45. The summed E-state index contributed by atoms with van der Waals surface area (Å²) in [5, 5.41) is 0. The lowest BCUT2D eigenvalue weighted by Crippen LogP contribution is -2.55. The molecule has 0 aliphatic carbocycles. The van der Waals surface area contributed by atoms with Crippen molar-refractivity contribution in [1.29, 1.82) is 0 Å². The first-order valence-corrected chi connectivity index (χ1v) is 6.97. The van der Waals surface area contributed by atoms with Gasteiger partial charge in [-0.25, -0.2) is 0 Å². The molecule has 2 fully saturated rings. The normalized spacial score (nSPS) is 37.7. The van der Waals surface area contributed by atoms with Crippen LogP contribution in [0, 0.1) is 5.92 Å². The molecule has 0 amide bonds. The van der Waals surface area contributed by atoms with E-state index >= 15 is 0 Å². The van der Waals surface area contributed by atoms with E-state index in [0.29, 0.717) is 5.92 Å². The van der Waals surface area contributed by atoms with Crippen LogP contribution in [0.5, 0.6) is 0 Å². The lowest BCUT2D eigenvalue weighted by molar-refractivity contribution is -0.0910. The molecule has 2 aliphatic rings. The van der Waals surface area contributed by atoms with Crippen LogP contribution in [0.15, 0.2) is 0 Å². The molecule has 18 heavy (non-hydrogen) atoms. The van der Waals surface area contributed by atoms with Gasteiger partial charge in [0.05, 0.1) is 23.9 Å². The molecule has 4 nitrogen and oxygen atoms in total. The number of nitrogens with zero attached hydrogens (tertiary/aromatic N) is 1. The Labute approximate surface area is 111 Å². The first kappa shape index (κ1) is 14.3. The maximum atomic E-state index is 6.48. The molecule has 2 aliphatic heterocycles. The van der Waals surface area contributed by atoms with Crippen molar-refractivity contribution < 1.29 is 9.47 Å². The number of hydrogen-bond donors (Lipinski definition) is 1. The van der Waals surface area contributed by atoms with Crippen molar-refractivity contribution in [3.63, 3.8) is 0 Å². The Balaban J connectivity index is 2.06. The predicted molar refractivity (Wildman–Crippen MR) is 72.6 cm³/mol. The first-order valence-electron chi connectivity index (χ1n) is 6.97. The van der Waals surface area contributed by atoms with Gasteiger partial charge in [0.15, 0.2) is 0 Å². The van der Waals surface area contributed by atoms with Gasteiger partial charge < -0.3 is 20.1 Å². The second-order valence-corrected chi connectivity index (χ2v) is 7.02. The van der Waals surface area contributed by atoms with Crippen molar-refractivity contribution in [1.82, 2.24) is 4.90 Å². The van der Waals surface area contributed by atoms with E-state index in [4.69, 9.17) is 15.2 Å². The average molecular weight is 256 g/mol. The third kappa shape index (κ3) is 2.87. The van der Waals surface area contributed by atoms with Crippen LogP contribution < -0.4 is 5.73 Å². The molecule has 3 unspecified atom stereocenters. The minimum absolute atomic E-state index is 0.0459. The summed E-state index contributed by atoms with van der Waals surface area (Å²) in [5.41, 5.74) is 6.24. The van der Waals surface area contributed by atoms with Gasteiger partial charge >= 0.3 is 0 Å². The van der Waals surface area contributed by atoms with Crippen LogP contribution in [0.25, 0.3) is 0 Å². The van der Waals surface area contributed by atoms with E-state index in [1.165, 1.54) is 0 Å². The van der Waals surface area contributed by atoms with Crippen LogP contribution in [0.3, 0.4) is 0 Å². The standard InChI is InChI=1S/C14H28N2O2/c1-13(2)8-10(14(3,4)18-13)12(15)11-9-16(5)6-7-17-11/h10-12H,6-9,15H2,1-5H3. The molecule has 0 aromatic rings. The van der Waals surface area contributed by atoms with Gasteiger partial charge in [-0.05, 0) is 41.2 Å². The Morgan fingerprint density at radius 3 is 2.44 bits per heavy atom. The first-order chi connectivity index (χ1) is 8.21. The van der Waals surface area contributed by atoms with Crippen LogP contribution in [0.1, 0.15) is 34.1 Å². The van der Waals surface area contributed by atoms with Gasteiger partial charge in [0.2, 0.25) is 0 Å². The fourth-order valence-corrected chi connectivity index (χ4v) is 3.51. The van der Waals surface area contributed by atoms with E-state index in [1.54, 1.807) is 0 Å². The number of ether oxygens (including phenoxy) is 2. The molecule has 2 saturated heterocycles. The van der Waals surface area contributed by atoms with Crippen molar-refractivity contribution in [2.45, 2.75) is 57.5 Å². The van der Waals surface area contributed by atoms with Gasteiger partial charge in [-0.1, -0.05) is 0 Å². The highest BCUT2D eigenvalue weighted by atomic mass is 16.5. The Hall–Kier alpha value is -0.160. The Bertz CT molecular complexity index is 304. The topological polar surface area (TPSA) is 47.7 Å². The van der Waals surface area contributed by atoms with Crippen molar-refractivity contribution in [3.05, 3.63) is 0 Å². The molecular formula is C14H28N2O2. The lowest BCUT2D eigenvalue weighted by atomic mass is 9.79. The van der Waals surface area contributed by atoms with Crippen LogP contribution in [0.2, 0.25) is 0 Å².